The third-order valence-electron chi connectivity index (χ3n) is 6.14. The van der Waals surface area contributed by atoms with Gasteiger partial charge in [-0.3, -0.25) is 14.0 Å². The monoisotopic (exact) mass is 397 g/mol. The maximum absolute atomic E-state index is 13.3. The van der Waals surface area contributed by atoms with Crippen LogP contribution in [0.4, 0.5) is 0 Å². The second-order valence-electron chi connectivity index (χ2n) is 9.45. The standard InChI is InChI=1S/C22H31N5O2/c1-22(2,3)21(29)26-12-7-9-17(15-26)20(28)25-11-6-8-16(14-25)19-24-23-18-10-4-5-13-27(18)19/h4-5,10,13,16-17H,6-9,11-12,14-15H2,1-3H3. The highest BCUT2D eigenvalue weighted by atomic mass is 16.2. The van der Waals surface area contributed by atoms with Crippen LogP contribution < -0.4 is 0 Å². The summed E-state index contributed by atoms with van der Waals surface area (Å²) in [5.74, 6) is 1.37. The van der Waals surface area contributed by atoms with Crippen molar-refractivity contribution in [3.63, 3.8) is 0 Å². The van der Waals surface area contributed by atoms with Crippen LogP contribution in [0.25, 0.3) is 5.65 Å². The maximum Gasteiger partial charge on any atom is 0.227 e. The van der Waals surface area contributed by atoms with Gasteiger partial charge in [-0.25, -0.2) is 0 Å². The highest BCUT2D eigenvalue weighted by Crippen LogP contribution is 2.29. The van der Waals surface area contributed by atoms with Crippen LogP contribution in [-0.4, -0.2) is 62.4 Å². The van der Waals surface area contributed by atoms with E-state index < -0.39 is 5.41 Å². The molecule has 2 aliphatic rings. The lowest BCUT2D eigenvalue weighted by Gasteiger charge is -2.39. The number of carbonyl (C=O) groups is 2. The largest absolute Gasteiger partial charge is 0.342 e. The van der Waals surface area contributed by atoms with Gasteiger partial charge in [-0.05, 0) is 37.8 Å². The van der Waals surface area contributed by atoms with E-state index >= 15 is 0 Å². The molecule has 0 spiro atoms. The van der Waals surface area contributed by atoms with Gasteiger partial charge in [-0.15, -0.1) is 10.2 Å². The van der Waals surface area contributed by atoms with E-state index in [0.29, 0.717) is 13.1 Å². The summed E-state index contributed by atoms with van der Waals surface area (Å²) in [6.45, 7) is 8.60. The number of aromatic nitrogens is 3. The molecule has 0 aromatic carbocycles. The van der Waals surface area contributed by atoms with Crippen LogP contribution in [0, 0.1) is 11.3 Å². The minimum absolute atomic E-state index is 0.0936. The Kier molecular flexibility index (Phi) is 5.32. The van der Waals surface area contributed by atoms with Gasteiger partial charge in [0.15, 0.2) is 5.65 Å². The quantitative estimate of drug-likeness (QED) is 0.781. The summed E-state index contributed by atoms with van der Waals surface area (Å²) in [6.07, 6.45) is 5.73. The van der Waals surface area contributed by atoms with Crippen LogP contribution >= 0.6 is 0 Å². The minimum Gasteiger partial charge on any atom is -0.342 e. The first-order chi connectivity index (χ1) is 13.8. The highest BCUT2D eigenvalue weighted by molar-refractivity contribution is 5.84. The van der Waals surface area contributed by atoms with Gasteiger partial charge in [-0.1, -0.05) is 26.8 Å². The van der Waals surface area contributed by atoms with Crippen LogP contribution in [0.3, 0.4) is 0 Å². The Morgan fingerprint density at radius 3 is 2.55 bits per heavy atom. The zero-order chi connectivity index (χ0) is 20.6. The van der Waals surface area contributed by atoms with Gasteiger partial charge in [0.2, 0.25) is 11.8 Å². The third-order valence-corrected chi connectivity index (χ3v) is 6.14. The molecule has 0 bridgehead atoms. The molecule has 7 nitrogen and oxygen atoms in total. The van der Waals surface area contributed by atoms with E-state index in [1.54, 1.807) is 0 Å². The summed E-state index contributed by atoms with van der Waals surface area (Å²) in [7, 11) is 0. The fourth-order valence-electron chi connectivity index (χ4n) is 4.62. The van der Waals surface area contributed by atoms with Gasteiger partial charge in [-0.2, -0.15) is 0 Å². The maximum atomic E-state index is 13.3. The van der Waals surface area contributed by atoms with Gasteiger partial charge < -0.3 is 9.80 Å². The van der Waals surface area contributed by atoms with Crippen molar-refractivity contribution in [2.45, 2.75) is 52.4 Å². The third kappa shape index (κ3) is 4.00. The molecule has 156 valence electrons. The predicted octanol–water partition coefficient (Wildman–Crippen LogP) is 2.72. The summed E-state index contributed by atoms with van der Waals surface area (Å²) in [5.41, 5.74) is 0.435. The first-order valence-corrected chi connectivity index (χ1v) is 10.7. The molecule has 2 fully saturated rings. The molecular formula is C22H31N5O2. The number of rotatable bonds is 2. The minimum atomic E-state index is -0.407. The molecule has 4 rings (SSSR count). The molecule has 0 N–H and O–H groups in total. The molecule has 0 radical (unpaired) electrons. The Morgan fingerprint density at radius 2 is 1.76 bits per heavy atom. The van der Waals surface area contributed by atoms with Crippen molar-refractivity contribution >= 4 is 17.5 Å². The molecular weight excluding hydrogens is 366 g/mol. The van der Waals surface area contributed by atoms with E-state index in [9.17, 15) is 9.59 Å². The molecule has 2 aromatic heterocycles. The van der Waals surface area contributed by atoms with Gasteiger partial charge in [0.1, 0.15) is 5.82 Å². The fraction of sp³-hybridized carbons (Fsp3) is 0.636. The topological polar surface area (TPSA) is 70.8 Å². The average molecular weight is 398 g/mol. The van der Waals surface area contributed by atoms with E-state index in [2.05, 4.69) is 10.2 Å². The van der Waals surface area contributed by atoms with Gasteiger partial charge in [0.25, 0.3) is 0 Å². The molecule has 0 saturated carbocycles. The van der Waals surface area contributed by atoms with Crippen molar-refractivity contribution in [2.75, 3.05) is 26.2 Å². The molecule has 2 saturated heterocycles. The average Bonchev–Trinajstić information content (AvgIpc) is 3.16. The molecule has 29 heavy (non-hydrogen) atoms. The Bertz CT molecular complexity index is 900. The number of likely N-dealkylation sites (tertiary alicyclic amines) is 2. The van der Waals surface area contributed by atoms with Crippen molar-refractivity contribution < 1.29 is 9.59 Å². The van der Waals surface area contributed by atoms with Crippen molar-refractivity contribution in [1.29, 1.82) is 0 Å². The summed E-state index contributed by atoms with van der Waals surface area (Å²) in [4.78, 5) is 29.9. The zero-order valence-corrected chi connectivity index (χ0v) is 17.7. The van der Waals surface area contributed by atoms with E-state index in [1.807, 2.05) is 59.4 Å². The van der Waals surface area contributed by atoms with Crippen LogP contribution in [-0.2, 0) is 9.59 Å². The molecule has 2 amide bonds. The van der Waals surface area contributed by atoms with Crippen LogP contribution in [0.5, 0.6) is 0 Å². The normalized spacial score (nSPS) is 23.4. The van der Waals surface area contributed by atoms with Gasteiger partial charge in [0.05, 0.1) is 5.92 Å². The molecule has 2 atom stereocenters. The summed E-state index contributed by atoms with van der Waals surface area (Å²) in [6, 6.07) is 5.89. The lowest BCUT2D eigenvalue weighted by Crippen LogP contribution is -2.50. The number of hydrogen-bond donors (Lipinski definition) is 0. The smallest absolute Gasteiger partial charge is 0.227 e. The second-order valence-corrected chi connectivity index (χ2v) is 9.45. The van der Waals surface area contributed by atoms with E-state index in [1.165, 1.54) is 0 Å². The Hall–Kier alpha value is -2.44. The molecule has 0 aliphatic carbocycles. The number of fused-ring (bicyclic) bond motifs is 1. The van der Waals surface area contributed by atoms with Crippen molar-refractivity contribution in [3.05, 3.63) is 30.2 Å². The number of carbonyl (C=O) groups excluding carboxylic acids is 2. The molecule has 7 heteroatoms. The molecule has 2 unspecified atom stereocenters. The Morgan fingerprint density at radius 1 is 1.00 bits per heavy atom. The Balaban J connectivity index is 1.45. The molecule has 4 heterocycles. The van der Waals surface area contributed by atoms with Gasteiger partial charge >= 0.3 is 0 Å². The second kappa shape index (κ2) is 7.76. The first-order valence-electron chi connectivity index (χ1n) is 10.7. The van der Waals surface area contributed by atoms with E-state index in [-0.39, 0.29) is 23.7 Å². The number of piperidine rings is 2. The van der Waals surface area contributed by atoms with E-state index in [4.69, 9.17) is 0 Å². The number of nitrogens with zero attached hydrogens (tertiary/aromatic N) is 5. The SMILES string of the molecule is CC(C)(C)C(=O)N1CCCC(C(=O)N2CCCC(c3nnc4ccccn34)C2)C1. The van der Waals surface area contributed by atoms with E-state index in [0.717, 1.165) is 50.2 Å². The fourth-order valence-corrected chi connectivity index (χ4v) is 4.62. The van der Waals surface area contributed by atoms with Crippen LogP contribution in [0.15, 0.2) is 24.4 Å². The lowest BCUT2D eigenvalue weighted by molar-refractivity contribution is -0.145. The molecule has 2 aliphatic heterocycles. The van der Waals surface area contributed by atoms with Crippen molar-refractivity contribution in [1.82, 2.24) is 24.4 Å². The summed E-state index contributed by atoms with van der Waals surface area (Å²) < 4.78 is 2.03. The van der Waals surface area contributed by atoms with Crippen molar-refractivity contribution in [3.8, 4) is 0 Å². The summed E-state index contributed by atoms with van der Waals surface area (Å²) >= 11 is 0. The first kappa shape index (κ1) is 19.9. The van der Waals surface area contributed by atoms with Crippen LogP contribution in [0.2, 0.25) is 0 Å². The van der Waals surface area contributed by atoms with Crippen LogP contribution in [0.1, 0.15) is 58.2 Å². The summed E-state index contributed by atoms with van der Waals surface area (Å²) in [5, 5.41) is 8.68. The van der Waals surface area contributed by atoms with Crippen molar-refractivity contribution in [2.24, 2.45) is 11.3 Å². The number of hydrogen-bond acceptors (Lipinski definition) is 4. The number of pyridine rings is 1. The lowest BCUT2D eigenvalue weighted by atomic mass is 9.89. The Labute approximate surface area is 172 Å². The zero-order valence-electron chi connectivity index (χ0n) is 17.7. The predicted molar refractivity (Wildman–Crippen MR) is 110 cm³/mol. The highest BCUT2D eigenvalue weighted by Gasteiger charge is 2.36. The molecule has 2 aromatic rings. The van der Waals surface area contributed by atoms with Gasteiger partial charge in [0, 0.05) is 43.7 Å². The number of amides is 2.